The fourth-order valence-electron chi connectivity index (χ4n) is 3.23. The number of aromatic amines is 1. The van der Waals surface area contributed by atoms with Crippen LogP contribution in [0.15, 0.2) is 30.5 Å². The highest BCUT2D eigenvalue weighted by molar-refractivity contribution is 5.92. The quantitative estimate of drug-likeness (QED) is 0.877. The van der Waals surface area contributed by atoms with Gasteiger partial charge in [0, 0.05) is 17.9 Å². The van der Waals surface area contributed by atoms with E-state index in [2.05, 4.69) is 34.3 Å². The Morgan fingerprint density at radius 3 is 2.92 bits per heavy atom. The molecule has 2 aromatic rings. The zero-order valence-electron chi connectivity index (χ0n) is 15.0. The summed E-state index contributed by atoms with van der Waals surface area (Å²) in [5.74, 6) is 0.307. The molecule has 134 valence electrons. The number of carbonyl (C=O) groups is 1. The number of carbonyl (C=O) groups excluding carboxylic acids is 1. The van der Waals surface area contributed by atoms with E-state index in [9.17, 15) is 4.79 Å². The van der Waals surface area contributed by atoms with Gasteiger partial charge >= 0.3 is 0 Å². The molecule has 0 aliphatic carbocycles. The molecule has 1 aliphatic rings. The van der Waals surface area contributed by atoms with E-state index in [1.807, 2.05) is 29.2 Å². The predicted octanol–water partition coefficient (Wildman–Crippen LogP) is 2.71. The minimum atomic E-state index is -0.0132. The molecule has 6 nitrogen and oxygen atoms in total. The smallest absolute Gasteiger partial charge is 0.274 e. The van der Waals surface area contributed by atoms with E-state index in [0.717, 1.165) is 43.7 Å². The molecule has 1 unspecified atom stereocenters. The molecule has 1 saturated heterocycles. The molecule has 1 atom stereocenters. The molecule has 1 amide bonds. The first kappa shape index (κ1) is 17.6. The predicted molar refractivity (Wildman–Crippen MR) is 97.3 cm³/mol. The summed E-state index contributed by atoms with van der Waals surface area (Å²) in [4.78, 5) is 19.6. The highest BCUT2D eigenvalue weighted by Gasteiger charge is 2.27. The zero-order valence-corrected chi connectivity index (χ0v) is 15.0. The molecule has 1 aliphatic heterocycles. The number of pyridine rings is 1. The fourth-order valence-corrected chi connectivity index (χ4v) is 3.23. The molecule has 2 N–H and O–H groups in total. The Balaban J connectivity index is 1.84. The minimum absolute atomic E-state index is 0.0132. The average molecular weight is 341 g/mol. The van der Waals surface area contributed by atoms with Gasteiger partial charge in [0.05, 0.1) is 12.2 Å². The lowest BCUT2D eigenvalue weighted by atomic mass is 10.1. The van der Waals surface area contributed by atoms with E-state index in [0.29, 0.717) is 18.2 Å². The normalized spacial score (nSPS) is 18.1. The van der Waals surface area contributed by atoms with Crippen molar-refractivity contribution < 1.29 is 4.79 Å². The summed E-state index contributed by atoms with van der Waals surface area (Å²) in [7, 11) is 0. The third-order valence-corrected chi connectivity index (χ3v) is 4.74. The summed E-state index contributed by atoms with van der Waals surface area (Å²) in [6.45, 7) is 6.65. The van der Waals surface area contributed by atoms with Crippen LogP contribution in [0.1, 0.15) is 60.9 Å². The summed E-state index contributed by atoms with van der Waals surface area (Å²) >= 11 is 0. The molecule has 1 fully saturated rings. The molecule has 3 heterocycles. The van der Waals surface area contributed by atoms with Crippen LogP contribution in [0.25, 0.3) is 0 Å². The van der Waals surface area contributed by atoms with Gasteiger partial charge in [-0.3, -0.25) is 14.9 Å². The molecular weight excluding hydrogens is 314 g/mol. The van der Waals surface area contributed by atoms with E-state index in [1.165, 1.54) is 0 Å². The van der Waals surface area contributed by atoms with Crippen molar-refractivity contribution in [2.24, 2.45) is 0 Å². The summed E-state index contributed by atoms with van der Waals surface area (Å²) in [6.07, 6.45) is 4.82. The maximum absolute atomic E-state index is 13.2. The highest BCUT2D eigenvalue weighted by atomic mass is 16.2. The van der Waals surface area contributed by atoms with Gasteiger partial charge in [-0.1, -0.05) is 19.9 Å². The van der Waals surface area contributed by atoms with Crippen molar-refractivity contribution in [3.63, 3.8) is 0 Å². The number of amides is 1. The first-order valence-electron chi connectivity index (χ1n) is 9.12. The van der Waals surface area contributed by atoms with Crippen LogP contribution in [0.4, 0.5) is 0 Å². The number of rotatable bonds is 5. The Bertz CT molecular complexity index is 674. The molecule has 0 aromatic carbocycles. The van der Waals surface area contributed by atoms with E-state index in [4.69, 9.17) is 0 Å². The summed E-state index contributed by atoms with van der Waals surface area (Å²) in [6, 6.07) is 7.93. The monoisotopic (exact) mass is 341 g/mol. The molecular formula is C19H27N5O. The van der Waals surface area contributed by atoms with Gasteiger partial charge < -0.3 is 10.2 Å². The minimum Gasteiger partial charge on any atom is -0.328 e. The third kappa shape index (κ3) is 4.45. The summed E-state index contributed by atoms with van der Waals surface area (Å²) in [5, 5.41) is 10.7. The number of aromatic nitrogens is 3. The Morgan fingerprint density at radius 2 is 2.20 bits per heavy atom. The Hall–Kier alpha value is -2.21. The number of hydrogen-bond donors (Lipinski definition) is 2. The number of nitrogens with zero attached hydrogens (tertiary/aromatic N) is 3. The molecule has 0 saturated carbocycles. The Morgan fingerprint density at radius 1 is 1.32 bits per heavy atom. The molecule has 0 bridgehead atoms. The first-order valence-corrected chi connectivity index (χ1v) is 9.12. The largest absolute Gasteiger partial charge is 0.328 e. The maximum atomic E-state index is 13.2. The number of nitrogens with one attached hydrogen (secondary N) is 2. The highest BCUT2D eigenvalue weighted by Crippen LogP contribution is 2.20. The third-order valence-electron chi connectivity index (χ3n) is 4.74. The first-order chi connectivity index (χ1) is 12.1. The Kier molecular flexibility index (Phi) is 5.81. The summed E-state index contributed by atoms with van der Waals surface area (Å²) in [5.41, 5.74) is 2.40. The van der Waals surface area contributed by atoms with E-state index in [1.54, 1.807) is 6.20 Å². The molecule has 2 aromatic heterocycles. The number of H-pyrrole nitrogens is 1. The van der Waals surface area contributed by atoms with Crippen LogP contribution < -0.4 is 5.32 Å². The Labute approximate surface area is 149 Å². The molecule has 25 heavy (non-hydrogen) atoms. The van der Waals surface area contributed by atoms with E-state index in [-0.39, 0.29) is 11.9 Å². The van der Waals surface area contributed by atoms with Crippen molar-refractivity contribution in [1.29, 1.82) is 0 Å². The van der Waals surface area contributed by atoms with Gasteiger partial charge in [-0.15, -0.1) is 0 Å². The van der Waals surface area contributed by atoms with Crippen molar-refractivity contribution in [3.8, 4) is 0 Å². The van der Waals surface area contributed by atoms with E-state index < -0.39 is 0 Å². The maximum Gasteiger partial charge on any atom is 0.274 e. The van der Waals surface area contributed by atoms with Gasteiger partial charge in [0.25, 0.3) is 5.91 Å². The second kappa shape index (κ2) is 8.25. The standard InChI is InChI=1S/C19H27N5O/c1-14(2)17-12-18(23-22-17)19(25)24(13-15-6-3-4-10-21-15)16-7-5-9-20-11-8-16/h3-4,6,10,12,14,16,20H,5,7-9,11,13H2,1-2H3,(H,22,23). The zero-order chi connectivity index (χ0) is 17.6. The van der Waals surface area contributed by atoms with Crippen molar-refractivity contribution >= 4 is 5.91 Å². The lowest BCUT2D eigenvalue weighted by Gasteiger charge is -2.30. The average Bonchev–Trinajstić information content (AvgIpc) is 2.97. The molecule has 0 radical (unpaired) electrons. The van der Waals surface area contributed by atoms with Crippen LogP contribution >= 0.6 is 0 Å². The fraction of sp³-hybridized carbons (Fsp3) is 0.526. The number of hydrogen-bond acceptors (Lipinski definition) is 4. The molecule has 0 spiro atoms. The van der Waals surface area contributed by atoms with Crippen LogP contribution in [-0.2, 0) is 6.54 Å². The van der Waals surface area contributed by atoms with Crippen LogP contribution in [0.5, 0.6) is 0 Å². The second-order valence-corrected chi connectivity index (χ2v) is 6.95. The van der Waals surface area contributed by atoms with Gasteiger partial charge in [-0.2, -0.15) is 5.10 Å². The molecule has 3 rings (SSSR count). The SMILES string of the molecule is CC(C)c1cc(C(=O)N(Cc2ccccn2)C2CCCNCC2)n[nH]1. The van der Waals surface area contributed by atoms with Crippen LogP contribution in [0, 0.1) is 0 Å². The van der Waals surface area contributed by atoms with Crippen LogP contribution in [0.3, 0.4) is 0 Å². The second-order valence-electron chi connectivity index (χ2n) is 6.95. The van der Waals surface area contributed by atoms with Gasteiger partial charge in [0.15, 0.2) is 0 Å². The van der Waals surface area contributed by atoms with Crippen LogP contribution in [-0.4, -0.2) is 45.1 Å². The van der Waals surface area contributed by atoms with Crippen molar-refractivity contribution in [1.82, 2.24) is 25.4 Å². The van der Waals surface area contributed by atoms with Gasteiger partial charge in [0.2, 0.25) is 0 Å². The lowest BCUT2D eigenvalue weighted by molar-refractivity contribution is 0.0636. The van der Waals surface area contributed by atoms with Crippen molar-refractivity contribution in [2.75, 3.05) is 13.1 Å². The lowest BCUT2D eigenvalue weighted by Crippen LogP contribution is -2.40. The summed E-state index contributed by atoms with van der Waals surface area (Å²) < 4.78 is 0. The molecule has 6 heteroatoms. The van der Waals surface area contributed by atoms with Gasteiger partial charge in [-0.05, 0) is 56.5 Å². The van der Waals surface area contributed by atoms with Gasteiger partial charge in [-0.25, -0.2) is 0 Å². The van der Waals surface area contributed by atoms with Gasteiger partial charge in [0.1, 0.15) is 5.69 Å². The van der Waals surface area contributed by atoms with E-state index >= 15 is 0 Å². The van der Waals surface area contributed by atoms with Crippen LogP contribution in [0.2, 0.25) is 0 Å². The van der Waals surface area contributed by atoms with Crippen molar-refractivity contribution in [3.05, 3.63) is 47.5 Å². The van der Waals surface area contributed by atoms with Crippen molar-refractivity contribution in [2.45, 2.75) is 51.6 Å². The topological polar surface area (TPSA) is 73.9 Å².